The van der Waals surface area contributed by atoms with Crippen molar-refractivity contribution in [3.05, 3.63) is 89.2 Å². The summed E-state index contributed by atoms with van der Waals surface area (Å²) in [5, 5.41) is 0. The number of ether oxygens (including phenoxy) is 4. The lowest BCUT2D eigenvalue weighted by molar-refractivity contribution is -0.153. The summed E-state index contributed by atoms with van der Waals surface area (Å²) in [5.74, 6) is -3.77. The van der Waals surface area contributed by atoms with Crippen LogP contribution in [0.5, 0.6) is 11.5 Å². The predicted molar refractivity (Wildman–Crippen MR) is 136 cm³/mol. The molecule has 2 aromatic carbocycles. The first kappa shape index (κ1) is 29.2. The molecule has 0 N–H and O–H groups in total. The Hall–Kier alpha value is -4.34. The summed E-state index contributed by atoms with van der Waals surface area (Å²) in [6.45, 7) is 3.97. The molecule has 3 rings (SSSR count). The zero-order chi connectivity index (χ0) is 28.5. The summed E-state index contributed by atoms with van der Waals surface area (Å²) in [7, 11) is 1.38. The van der Waals surface area contributed by atoms with Gasteiger partial charge in [0.1, 0.15) is 17.7 Å². The van der Waals surface area contributed by atoms with Gasteiger partial charge in [0.25, 0.3) is 0 Å². The van der Waals surface area contributed by atoms with Crippen molar-refractivity contribution in [2.24, 2.45) is 5.92 Å². The van der Waals surface area contributed by atoms with E-state index < -0.39 is 54.1 Å². The molecular weight excluding hydrogens is 512 g/mol. The Morgan fingerprint density at radius 1 is 0.897 bits per heavy atom. The van der Waals surface area contributed by atoms with Gasteiger partial charge in [0.2, 0.25) is 6.79 Å². The van der Waals surface area contributed by atoms with Crippen LogP contribution in [0.4, 0.5) is 8.78 Å². The van der Waals surface area contributed by atoms with E-state index in [1.54, 1.807) is 31.2 Å². The predicted octanol–water partition coefficient (Wildman–Crippen LogP) is 5.24. The van der Waals surface area contributed by atoms with Gasteiger partial charge in [0, 0.05) is 31.5 Å². The smallest absolute Gasteiger partial charge is 0.309 e. The Labute approximate surface area is 224 Å². The van der Waals surface area contributed by atoms with E-state index in [0.29, 0.717) is 11.1 Å². The molecule has 1 aromatic heterocycles. The maximum Gasteiger partial charge on any atom is 0.309 e. The van der Waals surface area contributed by atoms with Gasteiger partial charge in [-0.2, -0.15) is 0 Å². The molecule has 0 bridgehead atoms. The summed E-state index contributed by atoms with van der Waals surface area (Å²) >= 11 is 0. The van der Waals surface area contributed by atoms with Gasteiger partial charge in [-0.05, 0) is 42.3 Å². The minimum Gasteiger partial charge on any atom is -0.493 e. The number of hydrogen-bond donors (Lipinski definition) is 0. The van der Waals surface area contributed by atoms with E-state index in [1.807, 2.05) is 0 Å². The number of nitrogens with zero attached hydrogens (tertiary/aromatic N) is 1. The van der Waals surface area contributed by atoms with Crippen LogP contribution in [0, 0.1) is 17.6 Å². The Morgan fingerprint density at radius 2 is 1.46 bits per heavy atom. The van der Waals surface area contributed by atoms with E-state index in [9.17, 15) is 23.2 Å². The molecule has 206 valence electrons. The Bertz CT molecular complexity index is 1250. The van der Waals surface area contributed by atoms with Gasteiger partial charge in [0.05, 0.1) is 13.0 Å². The second kappa shape index (κ2) is 13.5. The molecule has 3 aromatic rings. The molecule has 0 aliphatic heterocycles. The molecule has 2 atom stereocenters. The summed E-state index contributed by atoms with van der Waals surface area (Å²) in [6.07, 6.45) is 0.364. The molecule has 0 unspecified atom stereocenters. The van der Waals surface area contributed by atoms with Gasteiger partial charge < -0.3 is 18.9 Å². The highest BCUT2D eigenvalue weighted by Gasteiger charge is 2.29. The van der Waals surface area contributed by atoms with Crippen molar-refractivity contribution in [2.75, 3.05) is 13.9 Å². The van der Waals surface area contributed by atoms with Crippen LogP contribution in [0.3, 0.4) is 0 Å². The molecule has 0 saturated carbocycles. The van der Waals surface area contributed by atoms with Gasteiger partial charge in [0.15, 0.2) is 23.0 Å². The molecule has 1 heterocycles. The van der Waals surface area contributed by atoms with E-state index in [2.05, 4.69) is 4.98 Å². The maximum absolute atomic E-state index is 13.6. The standard InChI is InChI=1S/C29H29F2NO7/c1-17(15-24(34)27-28(38-16-37-19(3)33)25(36-4)13-14-32-27)29(35)39-18(2)26(20-5-9-22(30)10-6-20)21-7-11-23(31)12-8-21/h5-14,17-18,26H,15-16H2,1-4H3/t17-,18-/m1/s1. The van der Waals surface area contributed by atoms with Crippen LogP contribution in [-0.4, -0.2) is 42.7 Å². The largest absolute Gasteiger partial charge is 0.493 e. The van der Waals surface area contributed by atoms with E-state index in [4.69, 9.17) is 18.9 Å². The number of rotatable bonds is 12. The number of carbonyl (C=O) groups is 3. The first-order valence-electron chi connectivity index (χ1n) is 12.1. The van der Waals surface area contributed by atoms with E-state index in [1.165, 1.54) is 57.5 Å². The third-order valence-corrected chi connectivity index (χ3v) is 5.94. The van der Waals surface area contributed by atoms with Gasteiger partial charge in [-0.1, -0.05) is 31.2 Å². The van der Waals surface area contributed by atoms with Crippen LogP contribution in [-0.2, 0) is 19.1 Å². The van der Waals surface area contributed by atoms with Gasteiger partial charge in [-0.3, -0.25) is 14.4 Å². The fourth-order valence-electron chi connectivity index (χ4n) is 4.00. The van der Waals surface area contributed by atoms with Crippen molar-refractivity contribution in [3.63, 3.8) is 0 Å². The Kier molecular flexibility index (Phi) is 10.1. The number of Topliss-reactive ketones (excluding diaryl/α,β-unsaturated/α-hetero) is 1. The SMILES string of the molecule is COc1ccnc(C(=O)C[C@@H](C)C(=O)O[C@H](C)C(c2ccc(F)cc2)c2ccc(F)cc2)c1OCOC(C)=O. The topological polar surface area (TPSA) is 101 Å². The Morgan fingerprint density at radius 3 is 1.97 bits per heavy atom. The number of esters is 2. The summed E-state index contributed by atoms with van der Waals surface area (Å²) < 4.78 is 48.3. The number of benzene rings is 2. The summed E-state index contributed by atoms with van der Waals surface area (Å²) in [6, 6.07) is 13.0. The third kappa shape index (κ3) is 7.83. The summed E-state index contributed by atoms with van der Waals surface area (Å²) in [5.41, 5.74) is 1.24. The van der Waals surface area contributed by atoms with Crippen molar-refractivity contribution in [3.8, 4) is 11.5 Å². The van der Waals surface area contributed by atoms with E-state index in [0.717, 1.165) is 0 Å². The van der Waals surface area contributed by atoms with Crippen molar-refractivity contribution in [2.45, 2.75) is 39.2 Å². The number of pyridine rings is 1. The third-order valence-electron chi connectivity index (χ3n) is 5.94. The van der Waals surface area contributed by atoms with Crippen molar-refractivity contribution < 1.29 is 42.1 Å². The second-order valence-electron chi connectivity index (χ2n) is 8.84. The molecule has 8 nitrogen and oxygen atoms in total. The van der Waals surface area contributed by atoms with E-state index in [-0.39, 0.29) is 23.6 Å². The minimum atomic E-state index is -0.864. The average Bonchev–Trinajstić information content (AvgIpc) is 2.90. The molecule has 0 spiro atoms. The number of carbonyl (C=O) groups excluding carboxylic acids is 3. The van der Waals surface area contributed by atoms with Crippen molar-refractivity contribution >= 4 is 17.7 Å². The highest BCUT2D eigenvalue weighted by molar-refractivity contribution is 5.99. The van der Waals surface area contributed by atoms with Crippen LogP contribution in [0.2, 0.25) is 0 Å². The quantitative estimate of drug-likeness (QED) is 0.174. The monoisotopic (exact) mass is 541 g/mol. The lowest BCUT2D eigenvalue weighted by Gasteiger charge is -2.26. The molecule has 0 amide bonds. The first-order valence-corrected chi connectivity index (χ1v) is 12.1. The molecule has 0 radical (unpaired) electrons. The lowest BCUT2D eigenvalue weighted by Crippen LogP contribution is -2.28. The average molecular weight is 542 g/mol. The fourth-order valence-corrected chi connectivity index (χ4v) is 4.00. The van der Waals surface area contributed by atoms with E-state index >= 15 is 0 Å². The van der Waals surface area contributed by atoms with Crippen molar-refractivity contribution in [1.29, 1.82) is 0 Å². The molecule has 0 saturated heterocycles. The van der Waals surface area contributed by atoms with Crippen LogP contribution in [0.25, 0.3) is 0 Å². The van der Waals surface area contributed by atoms with Crippen LogP contribution < -0.4 is 9.47 Å². The van der Waals surface area contributed by atoms with Crippen LogP contribution >= 0.6 is 0 Å². The summed E-state index contributed by atoms with van der Waals surface area (Å²) in [4.78, 5) is 41.3. The number of ketones is 1. The molecule has 0 aliphatic carbocycles. The zero-order valence-electron chi connectivity index (χ0n) is 22.0. The molecular formula is C29H29F2NO7. The van der Waals surface area contributed by atoms with Crippen LogP contribution in [0.1, 0.15) is 54.7 Å². The molecule has 0 aliphatic rings. The van der Waals surface area contributed by atoms with Gasteiger partial charge >= 0.3 is 11.9 Å². The zero-order valence-corrected chi connectivity index (χ0v) is 22.0. The number of aromatic nitrogens is 1. The molecule has 39 heavy (non-hydrogen) atoms. The Balaban J connectivity index is 1.75. The normalized spacial score (nSPS) is 12.4. The lowest BCUT2D eigenvalue weighted by atomic mass is 9.87. The number of methoxy groups -OCH3 is 1. The highest BCUT2D eigenvalue weighted by Crippen LogP contribution is 2.33. The minimum absolute atomic E-state index is 0.0205. The van der Waals surface area contributed by atoms with Gasteiger partial charge in [-0.15, -0.1) is 0 Å². The first-order chi connectivity index (χ1) is 18.6. The maximum atomic E-state index is 13.6. The molecule has 10 heteroatoms. The van der Waals surface area contributed by atoms with Crippen LogP contribution in [0.15, 0.2) is 60.8 Å². The second-order valence-corrected chi connectivity index (χ2v) is 8.84. The molecule has 0 fully saturated rings. The van der Waals surface area contributed by atoms with Gasteiger partial charge in [-0.25, -0.2) is 13.8 Å². The fraction of sp³-hybridized carbons (Fsp3) is 0.310. The van der Waals surface area contributed by atoms with Crippen molar-refractivity contribution in [1.82, 2.24) is 4.98 Å². The number of halogens is 2. The highest BCUT2D eigenvalue weighted by atomic mass is 19.1. The number of hydrogen-bond acceptors (Lipinski definition) is 8.